The van der Waals surface area contributed by atoms with Crippen LogP contribution >= 0.6 is 0 Å². The van der Waals surface area contributed by atoms with Crippen LogP contribution in [0.2, 0.25) is 0 Å². The van der Waals surface area contributed by atoms with Crippen LogP contribution in [0.25, 0.3) is 0 Å². The molecule has 16 heavy (non-hydrogen) atoms. The molecule has 0 aliphatic carbocycles. The normalized spacial score (nSPS) is 13.6. The Balaban J connectivity index is 3.14. The molecule has 0 amide bonds. The molecular formula is C14H22O2. The molecule has 2 heteroatoms. The quantitative estimate of drug-likeness (QED) is 0.848. The van der Waals surface area contributed by atoms with Crippen LogP contribution in [0.15, 0.2) is 18.2 Å². The molecule has 1 unspecified atom stereocenters. The van der Waals surface area contributed by atoms with Gasteiger partial charge in [0.15, 0.2) is 0 Å². The minimum absolute atomic E-state index is 0.0778. The number of hydrogen-bond acceptors (Lipinski definition) is 2. The van der Waals surface area contributed by atoms with Gasteiger partial charge in [-0.25, -0.2) is 0 Å². The molecule has 0 fully saturated rings. The topological polar surface area (TPSA) is 29.5 Å². The van der Waals surface area contributed by atoms with Crippen LogP contribution in [0.1, 0.15) is 38.3 Å². The number of aryl methyl sites for hydroxylation is 1. The Hall–Kier alpha value is -1.02. The third-order valence-electron chi connectivity index (χ3n) is 2.89. The molecule has 0 aliphatic heterocycles. The smallest absolute Gasteiger partial charge is 0.122 e. The van der Waals surface area contributed by atoms with Crippen LogP contribution in [0.5, 0.6) is 5.75 Å². The maximum absolute atomic E-state index is 9.54. The number of rotatable bonds is 4. The number of ether oxygens (including phenoxy) is 1. The zero-order chi connectivity index (χ0) is 12.3. The number of aliphatic hydroxyl groups is 1. The number of benzene rings is 1. The molecule has 0 heterocycles. The van der Waals surface area contributed by atoms with Crippen molar-refractivity contribution in [2.75, 3.05) is 7.11 Å². The van der Waals surface area contributed by atoms with Gasteiger partial charge in [0.25, 0.3) is 0 Å². The molecule has 1 atom stereocenters. The van der Waals surface area contributed by atoms with Crippen LogP contribution in [0.3, 0.4) is 0 Å². The Kier molecular flexibility index (Phi) is 3.98. The molecule has 0 saturated heterocycles. The zero-order valence-corrected chi connectivity index (χ0v) is 10.9. The summed E-state index contributed by atoms with van der Waals surface area (Å²) in [4.78, 5) is 0. The summed E-state index contributed by atoms with van der Waals surface area (Å²) in [6.07, 6.45) is 0.424. The minimum atomic E-state index is -0.305. The average Bonchev–Trinajstić information content (AvgIpc) is 2.15. The molecule has 90 valence electrons. The van der Waals surface area contributed by atoms with E-state index in [1.165, 1.54) is 5.56 Å². The summed E-state index contributed by atoms with van der Waals surface area (Å²) in [5.41, 5.74) is 2.30. The predicted molar refractivity (Wildman–Crippen MR) is 67.1 cm³/mol. The lowest BCUT2D eigenvalue weighted by Gasteiger charge is -2.28. The van der Waals surface area contributed by atoms with Crippen LogP contribution in [0.4, 0.5) is 0 Å². The van der Waals surface area contributed by atoms with Gasteiger partial charge in [0, 0.05) is 5.56 Å². The number of hydrogen-bond donors (Lipinski definition) is 1. The molecular weight excluding hydrogens is 200 g/mol. The monoisotopic (exact) mass is 222 g/mol. The van der Waals surface area contributed by atoms with E-state index in [1.54, 1.807) is 7.11 Å². The van der Waals surface area contributed by atoms with Crippen molar-refractivity contribution in [3.05, 3.63) is 29.3 Å². The molecule has 1 aromatic carbocycles. The first-order valence-electron chi connectivity index (χ1n) is 5.70. The summed E-state index contributed by atoms with van der Waals surface area (Å²) in [5, 5.41) is 9.54. The molecule has 0 aliphatic rings. The van der Waals surface area contributed by atoms with Gasteiger partial charge in [0.05, 0.1) is 13.2 Å². The lowest BCUT2D eigenvalue weighted by molar-refractivity contribution is 0.156. The van der Waals surface area contributed by atoms with Crippen LogP contribution in [-0.2, 0) is 5.41 Å². The average molecular weight is 222 g/mol. The molecule has 1 aromatic rings. The van der Waals surface area contributed by atoms with E-state index in [0.29, 0.717) is 0 Å². The van der Waals surface area contributed by atoms with Crippen LogP contribution in [-0.4, -0.2) is 18.3 Å². The van der Waals surface area contributed by atoms with Crippen molar-refractivity contribution in [2.45, 2.75) is 45.6 Å². The Bertz CT molecular complexity index is 354. The highest BCUT2D eigenvalue weighted by Crippen LogP contribution is 2.35. The largest absolute Gasteiger partial charge is 0.496 e. The standard InChI is InChI=1S/C14H22O2/c1-10-6-7-13(16-5)12(8-10)14(3,4)9-11(2)15/h6-8,11,15H,9H2,1-5H3. The van der Waals surface area contributed by atoms with Gasteiger partial charge in [0.1, 0.15) is 5.75 Å². The highest BCUT2D eigenvalue weighted by molar-refractivity contribution is 5.41. The third kappa shape index (κ3) is 2.99. The Labute approximate surface area is 98.3 Å². The highest BCUT2D eigenvalue weighted by atomic mass is 16.5. The van der Waals surface area contributed by atoms with E-state index in [9.17, 15) is 5.11 Å². The van der Waals surface area contributed by atoms with Gasteiger partial charge in [0.2, 0.25) is 0 Å². The van der Waals surface area contributed by atoms with Crippen molar-refractivity contribution in [1.29, 1.82) is 0 Å². The second-order valence-electron chi connectivity index (χ2n) is 5.14. The van der Waals surface area contributed by atoms with Crippen molar-refractivity contribution >= 4 is 0 Å². The summed E-state index contributed by atoms with van der Waals surface area (Å²) >= 11 is 0. The Morgan fingerprint density at radius 3 is 2.50 bits per heavy atom. The Morgan fingerprint density at radius 1 is 1.38 bits per heavy atom. The molecule has 2 nitrogen and oxygen atoms in total. The lowest BCUT2D eigenvalue weighted by atomic mass is 9.79. The fourth-order valence-corrected chi connectivity index (χ4v) is 2.20. The zero-order valence-electron chi connectivity index (χ0n) is 10.9. The number of aliphatic hydroxyl groups excluding tert-OH is 1. The molecule has 0 spiro atoms. The highest BCUT2D eigenvalue weighted by Gasteiger charge is 2.26. The second-order valence-corrected chi connectivity index (χ2v) is 5.14. The van der Waals surface area contributed by atoms with E-state index in [-0.39, 0.29) is 11.5 Å². The van der Waals surface area contributed by atoms with Gasteiger partial charge in [-0.1, -0.05) is 31.5 Å². The maximum atomic E-state index is 9.54. The van der Waals surface area contributed by atoms with Gasteiger partial charge < -0.3 is 9.84 Å². The molecule has 1 N–H and O–H groups in total. The molecule has 0 radical (unpaired) electrons. The van der Waals surface area contributed by atoms with Gasteiger partial charge >= 0.3 is 0 Å². The first-order valence-corrected chi connectivity index (χ1v) is 5.70. The second kappa shape index (κ2) is 4.88. The Morgan fingerprint density at radius 2 is 2.00 bits per heavy atom. The molecule has 0 bridgehead atoms. The van der Waals surface area contributed by atoms with Crippen molar-refractivity contribution in [3.8, 4) is 5.75 Å². The van der Waals surface area contributed by atoms with Gasteiger partial charge in [-0.3, -0.25) is 0 Å². The lowest BCUT2D eigenvalue weighted by Crippen LogP contribution is -2.23. The summed E-state index contributed by atoms with van der Waals surface area (Å²) < 4.78 is 5.39. The van der Waals surface area contributed by atoms with E-state index < -0.39 is 0 Å². The first kappa shape index (κ1) is 13.0. The summed E-state index contributed by atoms with van der Waals surface area (Å²) in [5.74, 6) is 0.899. The SMILES string of the molecule is COc1ccc(C)cc1C(C)(C)CC(C)O. The van der Waals surface area contributed by atoms with E-state index in [0.717, 1.165) is 17.7 Å². The number of methoxy groups -OCH3 is 1. The van der Waals surface area contributed by atoms with E-state index >= 15 is 0 Å². The van der Waals surface area contributed by atoms with Crippen molar-refractivity contribution < 1.29 is 9.84 Å². The van der Waals surface area contributed by atoms with E-state index in [1.807, 2.05) is 19.1 Å². The van der Waals surface area contributed by atoms with Gasteiger partial charge in [-0.15, -0.1) is 0 Å². The summed E-state index contributed by atoms with van der Waals surface area (Å²) in [7, 11) is 1.69. The summed E-state index contributed by atoms with van der Waals surface area (Å²) in [6, 6.07) is 6.18. The fraction of sp³-hybridized carbons (Fsp3) is 0.571. The van der Waals surface area contributed by atoms with E-state index in [2.05, 4.69) is 26.8 Å². The maximum Gasteiger partial charge on any atom is 0.122 e. The van der Waals surface area contributed by atoms with Crippen molar-refractivity contribution in [1.82, 2.24) is 0 Å². The van der Waals surface area contributed by atoms with Crippen molar-refractivity contribution in [2.24, 2.45) is 0 Å². The minimum Gasteiger partial charge on any atom is -0.496 e. The van der Waals surface area contributed by atoms with Crippen molar-refractivity contribution in [3.63, 3.8) is 0 Å². The van der Waals surface area contributed by atoms with Crippen LogP contribution < -0.4 is 4.74 Å². The van der Waals surface area contributed by atoms with Gasteiger partial charge in [-0.05, 0) is 31.7 Å². The molecule has 0 aromatic heterocycles. The molecule has 0 saturated carbocycles. The predicted octanol–water partition coefficient (Wildman–Crippen LogP) is 3.05. The van der Waals surface area contributed by atoms with Gasteiger partial charge in [-0.2, -0.15) is 0 Å². The first-order chi connectivity index (χ1) is 7.36. The summed E-state index contributed by atoms with van der Waals surface area (Å²) in [6.45, 7) is 8.17. The van der Waals surface area contributed by atoms with E-state index in [4.69, 9.17) is 4.74 Å². The molecule has 1 rings (SSSR count). The van der Waals surface area contributed by atoms with Crippen LogP contribution in [0, 0.1) is 6.92 Å². The third-order valence-corrected chi connectivity index (χ3v) is 2.89. The fourth-order valence-electron chi connectivity index (χ4n) is 2.20.